The Kier molecular flexibility index (Phi) is 11.2. The van der Waals surface area contributed by atoms with Crippen molar-refractivity contribution in [1.82, 2.24) is 0 Å². The minimum atomic E-state index is -1.98. The summed E-state index contributed by atoms with van der Waals surface area (Å²) in [5.41, 5.74) is -0.640. The first-order valence-electron chi connectivity index (χ1n) is 21.0. The second kappa shape index (κ2) is 14.7. The zero-order chi connectivity index (χ0) is 41.8. The van der Waals surface area contributed by atoms with Gasteiger partial charge in [-0.2, -0.15) is 0 Å². The van der Waals surface area contributed by atoms with E-state index < -0.39 is 96.9 Å². The molecule has 0 bridgehead atoms. The van der Waals surface area contributed by atoms with E-state index in [0.717, 1.165) is 38.5 Å². The second-order valence-electron chi connectivity index (χ2n) is 20.4. The number of hydrogen-bond acceptors (Lipinski definition) is 13. The highest BCUT2D eigenvalue weighted by Crippen LogP contribution is 2.76. The van der Waals surface area contributed by atoms with Crippen LogP contribution in [0.3, 0.4) is 0 Å². The first kappa shape index (κ1) is 43.3. The summed E-state index contributed by atoms with van der Waals surface area (Å²) < 4.78 is 23.8. The average Bonchev–Trinajstić information content (AvgIpc) is 3.16. The Labute approximate surface area is 334 Å². The summed E-state index contributed by atoms with van der Waals surface area (Å²) in [6.45, 7) is 12.4. The van der Waals surface area contributed by atoms with Gasteiger partial charge in [0.2, 0.25) is 0 Å². The molecule has 0 spiro atoms. The summed E-state index contributed by atoms with van der Waals surface area (Å²) in [6, 6.07) is 0. The molecule has 2 heterocycles. The number of carbonyl (C=O) groups is 2. The van der Waals surface area contributed by atoms with E-state index >= 15 is 0 Å². The van der Waals surface area contributed by atoms with Crippen LogP contribution in [-0.2, 0) is 28.5 Å². The van der Waals surface area contributed by atoms with Gasteiger partial charge in [-0.1, -0.05) is 46.3 Å². The average molecular weight is 811 g/mol. The lowest BCUT2D eigenvalue weighted by Crippen LogP contribution is -2.67. The van der Waals surface area contributed by atoms with Crippen molar-refractivity contribution in [3.8, 4) is 0 Å². The van der Waals surface area contributed by atoms with Crippen LogP contribution < -0.4 is 0 Å². The Bertz CT molecular complexity index is 1590. The zero-order valence-electron chi connectivity index (χ0n) is 34.1. The van der Waals surface area contributed by atoms with Crippen LogP contribution in [0, 0.1) is 50.2 Å². The fourth-order valence-electron chi connectivity index (χ4n) is 13.6. The van der Waals surface area contributed by atoms with Crippen LogP contribution >= 0.6 is 0 Å². The Hall–Kier alpha value is -1.76. The molecule has 20 atom stereocenters. The Balaban J connectivity index is 1.17. The molecule has 0 radical (unpaired) electrons. The van der Waals surface area contributed by atoms with Gasteiger partial charge in [0.25, 0.3) is 0 Å². The molecule has 0 aromatic heterocycles. The van der Waals surface area contributed by atoms with Gasteiger partial charge in [-0.25, -0.2) is 4.79 Å². The number of hydrogen-bond donors (Lipinski definition) is 9. The molecule has 2 aliphatic heterocycles. The predicted molar refractivity (Wildman–Crippen MR) is 200 cm³/mol. The van der Waals surface area contributed by atoms with E-state index in [0.29, 0.717) is 25.7 Å². The molecule has 6 fully saturated rings. The number of fused-ring (bicyclic) bond motifs is 7. The van der Waals surface area contributed by atoms with E-state index in [2.05, 4.69) is 33.8 Å². The summed E-state index contributed by atoms with van der Waals surface area (Å²) in [6.07, 6.45) is -7.93. The molecular formula is C42H66O15. The maximum Gasteiger partial charge on any atom is 0.335 e. The molecule has 5 aliphatic carbocycles. The SMILES string of the molecule is C[C@@]1(C(=O)O)CC[C@]2(C)CC[C@]3(C)C(=CC[C@@H]4[C@@]5(C)CC[C@H](O[C@@H]6O[C@H](C(=O)O)[C@@H](O)[C@H](O)[C@H]6O[C@@H]6O[C@H](CO)[C@@H](O)[C@H](O)[C@H]6O)[C@](C)(CO)[C@@H]5CC[C@]43C)[C@H]2C1. The first-order chi connectivity index (χ1) is 26.5. The van der Waals surface area contributed by atoms with Crippen molar-refractivity contribution in [3.05, 3.63) is 11.6 Å². The highest BCUT2D eigenvalue weighted by atomic mass is 16.8. The second-order valence-corrected chi connectivity index (χ2v) is 20.4. The third kappa shape index (κ3) is 6.39. The standard InChI is InChI=1S/C42H66O15/c1-37-13-14-38(2,36(52)53)17-21(37)20-7-8-24-39(3)11-10-25(40(4,19-44)23(39)9-12-42(24,6)41(20,5)16-15-37)55-35-32(29(48)28(47)31(56-35)33(50)51)57-34-30(49)27(46)26(45)22(18-43)54-34/h7,21-32,34-35,43-49H,8-19H2,1-6H3,(H,50,51)(H,52,53)/t21-,22-,23-,24-,25+,26-,27+,28+,29+,30-,31+,32-,34+,35-,37-,38-,39+,40-,41-,42-/m1/s1. The van der Waals surface area contributed by atoms with Gasteiger partial charge in [0.05, 0.1) is 24.7 Å². The fraction of sp³-hybridized carbons (Fsp3) is 0.905. The van der Waals surface area contributed by atoms with Gasteiger partial charge in [-0.05, 0) is 111 Å². The number of carboxylic acid groups (broad SMARTS) is 2. The molecule has 57 heavy (non-hydrogen) atoms. The van der Waals surface area contributed by atoms with Gasteiger partial charge in [0.1, 0.15) is 42.7 Å². The molecule has 15 nitrogen and oxygen atoms in total. The Morgan fingerprint density at radius 1 is 0.754 bits per heavy atom. The molecule has 324 valence electrons. The minimum Gasteiger partial charge on any atom is -0.481 e. The third-order valence-corrected chi connectivity index (χ3v) is 17.7. The van der Waals surface area contributed by atoms with E-state index in [-0.39, 0.29) is 46.0 Å². The van der Waals surface area contributed by atoms with Crippen molar-refractivity contribution in [2.24, 2.45) is 50.2 Å². The lowest BCUT2D eigenvalue weighted by Gasteiger charge is -2.71. The van der Waals surface area contributed by atoms with Crippen LogP contribution in [0.2, 0.25) is 0 Å². The predicted octanol–water partition coefficient (Wildman–Crippen LogP) is 1.95. The highest BCUT2D eigenvalue weighted by molar-refractivity contribution is 5.74. The van der Waals surface area contributed by atoms with Gasteiger partial charge < -0.3 is 64.9 Å². The lowest BCUT2D eigenvalue weighted by atomic mass is 9.33. The van der Waals surface area contributed by atoms with E-state index in [1.54, 1.807) is 0 Å². The lowest BCUT2D eigenvalue weighted by molar-refractivity contribution is -0.375. The fourth-order valence-corrected chi connectivity index (χ4v) is 13.6. The summed E-state index contributed by atoms with van der Waals surface area (Å²) in [4.78, 5) is 24.7. The van der Waals surface area contributed by atoms with E-state index in [4.69, 9.17) is 18.9 Å². The molecule has 15 heteroatoms. The maximum atomic E-state index is 12.5. The molecule has 0 amide bonds. The number of rotatable bonds is 8. The summed E-state index contributed by atoms with van der Waals surface area (Å²) in [5.74, 6) is -1.90. The Morgan fingerprint density at radius 2 is 1.44 bits per heavy atom. The number of aliphatic carboxylic acids is 2. The van der Waals surface area contributed by atoms with Crippen molar-refractivity contribution < 1.29 is 74.5 Å². The van der Waals surface area contributed by atoms with E-state index in [9.17, 15) is 55.5 Å². The van der Waals surface area contributed by atoms with Crippen LogP contribution in [-0.4, -0.2) is 139 Å². The van der Waals surface area contributed by atoms with Gasteiger partial charge in [0, 0.05) is 5.41 Å². The number of aliphatic hydroxyl groups excluding tert-OH is 7. The summed E-state index contributed by atoms with van der Waals surface area (Å²) in [5, 5.41) is 94.7. The van der Waals surface area contributed by atoms with Crippen LogP contribution in [0.15, 0.2) is 11.6 Å². The summed E-state index contributed by atoms with van der Waals surface area (Å²) in [7, 11) is 0. The summed E-state index contributed by atoms with van der Waals surface area (Å²) >= 11 is 0. The van der Waals surface area contributed by atoms with Gasteiger partial charge in [-0.15, -0.1) is 0 Å². The molecule has 0 aromatic carbocycles. The van der Waals surface area contributed by atoms with Crippen molar-refractivity contribution in [1.29, 1.82) is 0 Å². The molecule has 0 aromatic rings. The van der Waals surface area contributed by atoms with Crippen LogP contribution in [0.1, 0.15) is 106 Å². The molecule has 4 saturated carbocycles. The number of ether oxygens (including phenoxy) is 4. The molecule has 2 saturated heterocycles. The Morgan fingerprint density at radius 3 is 2.07 bits per heavy atom. The van der Waals surface area contributed by atoms with Crippen LogP contribution in [0.5, 0.6) is 0 Å². The van der Waals surface area contributed by atoms with Crippen LogP contribution in [0.25, 0.3) is 0 Å². The van der Waals surface area contributed by atoms with Crippen molar-refractivity contribution in [2.45, 2.75) is 173 Å². The monoisotopic (exact) mass is 810 g/mol. The van der Waals surface area contributed by atoms with Gasteiger partial charge >= 0.3 is 11.9 Å². The molecular weight excluding hydrogens is 744 g/mol. The zero-order valence-corrected chi connectivity index (χ0v) is 34.1. The number of aliphatic hydroxyl groups is 7. The third-order valence-electron chi connectivity index (χ3n) is 17.7. The quantitative estimate of drug-likeness (QED) is 0.126. The normalized spacial score (nSPS) is 55.0. The number of carboxylic acids is 2. The molecule has 0 unspecified atom stereocenters. The number of allylic oxidation sites excluding steroid dienone is 2. The van der Waals surface area contributed by atoms with E-state index in [1.165, 1.54) is 5.57 Å². The molecule has 7 aliphatic rings. The molecule has 9 N–H and O–H groups in total. The maximum absolute atomic E-state index is 12.5. The van der Waals surface area contributed by atoms with Gasteiger partial charge in [0.15, 0.2) is 18.7 Å². The van der Waals surface area contributed by atoms with Crippen molar-refractivity contribution in [2.75, 3.05) is 13.2 Å². The van der Waals surface area contributed by atoms with Crippen LogP contribution in [0.4, 0.5) is 0 Å². The minimum absolute atomic E-state index is 0.0524. The molecule has 7 rings (SSSR count). The first-order valence-corrected chi connectivity index (χ1v) is 21.0. The van der Waals surface area contributed by atoms with Crippen molar-refractivity contribution >= 4 is 11.9 Å². The van der Waals surface area contributed by atoms with E-state index in [1.807, 2.05) is 13.8 Å². The largest absolute Gasteiger partial charge is 0.481 e. The van der Waals surface area contributed by atoms with Crippen molar-refractivity contribution in [3.63, 3.8) is 0 Å². The topological polar surface area (TPSA) is 253 Å². The smallest absolute Gasteiger partial charge is 0.335 e. The van der Waals surface area contributed by atoms with Gasteiger partial charge in [-0.3, -0.25) is 4.79 Å². The highest BCUT2D eigenvalue weighted by Gasteiger charge is 2.69.